The Morgan fingerprint density at radius 2 is 1.61 bits per heavy atom. The molecule has 0 saturated heterocycles. The van der Waals surface area contributed by atoms with E-state index in [0.717, 1.165) is 31.2 Å². The van der Waals surface area contributed by atoms with Crippen LogP contribution in [0.25, 0.3) is 11.1 Å². The molecule has 0 amide bonds. The summed E-state index contributed by atoms with van der Waals surface area (Å²) in [4.78, 5) is 0. The maximum absolute atomic E-state index is 14.9. The molecule has 1 fully saturated rings. The van der Waals surface area contributed by atoms with Crippen LogP contribution in [0.1, 0.15) is 42.7 Å². The van der Waals surface area contributed by atoms with Crippen molar-refractivity contribution in [3.05, 3.63) is 71.6 Å². The Morgan fingerprint density at radius 3 is 2.30 bits per heavy atom. The summed E-state index contributed by atoms with van der Waals surface area (Å²) in [5, 5.41) is 0. The molecule has 0 bridgehead atoms. The molecule has 0 aliphatic heterocycles. The van der Waals surface area contributed by atoms with Gasteiger partial charge >= 0.3 is 0 Å². The van der Waals surface area contributed by atoms with Crippen LogP contribution in [0.15, 0.2) is 43.0 Å². The molecule has 0 unspecified atom stereocenters. The zero-order chi connectivity index (χ0) is 23.6. The smallest absolute Gasteiger partial charge is 0.175 e. The zero-order valence-electron chi connectivity index (χ0n) is 18.0. The van der Waals surface area contributed by atoms with Crippen LogP contribution in [0, 0.1) is 65.3 Å². The molecule has 0 aromatic heterocycles. The quantitative estimate of drug-likeness (QED) is 0.408. The van der Waals surface area contributed by atoms with Crippen molar-refractivity contribution in [1.82, 2.24) is 0 Å². The molecule has 3 rings (SSSR count). The summed E-state index contributed by atoms with van der Waals surface area (Å²) in [5.41, 5.74) is 0.521. The highest BCUT2D eigenvalue weighted by Gasteiger charge is 2.24. The van der Waals surface area contributed by atoms with E-state index < -0.39 is 17.5 Å². The van der Waals surface area contributed by atoms with E-state index in [1.807, 2.05) is 0 Å². The van der Waals surface area contributed by atoms with Crippen LogP contribution < -0.4 is 0 Å². The Morgan fingerprint density at radius 1 is 0.909 bits per heavy atom. The fourth-order valence-electron chi connectivity index (χ4n) is 3.85. The molecule has 1 aliphatic rings. The molecule has 164 valence electrons. The van der Waals surface area contributed by atoms with E-state index in [4.69, 9.17) is 11.2 Å². The van der Waals surface area contributed by atoms with Crippen LogP contribution in [-0.2, 0) is 4.74 Å². The predicted molar refractivity (Wildman–Crippen MR) is 124 cm³/mol. The Hall–Kier alpha value is -3.83. The highest BCUT2D eigenvalue weighted by Crippen LogP contribution is 2.36. The monoisotopic (exact) mass is 442 g/mol. The van der Waals surface area contributed by atoms with Crippen molar-refractivity contribution in [3.8, 4) is 59.0 Å². The first-order chi connectivity index (χ1) is 16.0. The predicted octanol–water partition coefficient (Wildman–Crippen LogP) is 5.99. The van der Waals surface area contributed by atoms with Gasteiger partial charge < -0.3 is 4.74 Å². The molecule has 0 heterocycles. The third-order valence-electron chi connectivity index (χ3n) is 5.48. The fraction of sp³-hybridized carbons (Fsp3) is 0.241. The summed E-state index contributed by atoms with van der Waals surface area (Å²) in [7, 11) is 0. The molecule has 1 nitrogen and oxygen atoms in total. The summed E-state index contributed by atoms with van der Waals surface area (Å²) < 4.78 is 49.8. The molecule has 33 heavy (non-hydrogen) atoms. The van der Waals surface area contributed by atoms with Gasteiger partial charge in [0.25, 0.3) is 0 Å². The van der Waals surface area contributed by atoms with Gasteiger partial charge in [-0.2, -0.15) is 0 Å². The number of hydrogen-bond acceptors (Lipinski definition) is 1. The summed E-state index contributed by atoms with van der Waals surface area (Å²) in [6.45, 7) is 4.18. The third-order valence-corrected chi connectivity index (χ3v) is 5.48. The lowest BCUT2D eigenvalue weighted by molar-refractivity contribution is 0.0423. The average molecular weight is 442 g/mol. The number of benzene rings is 2. The summed E-state index contributed by atoms with van der Waals surface area (Å²) >= 11 is 0. The first kappa shape index (κ1) is 23.8. The molecule has 1 aliphatic carbocycles. The minimum absolute atomic E-state index is 0.00186. The minimum Gasteiger partial charge on any atom is -0.374 e. The molecule has 0 spiro atoms. The molecular formula is C29H21F3O. The summed E-state index contributed by atoms with van der Waals surface area (Å²) in [5.74, 6) is 13.6. The second-order valence-corrected chi connectivity index (χ2v) is 7.52. The van der Waals surface area contributed by atoms with E-state index in [0.29, 0.717) is 6.61 Å². The Bertz CT molecular complexity index is 1260. The number of hydrogen-bond donors (Lipinski definition) is 0. The average Bonchev–Trinajstić information content (AvgIpc) is 2.83. The van der Waals surface area contributed by atoms with E-state index in [1.165, 1.54) is 24.3 Å². The van der Waals surface area contributed by atoms with Gasteiger partial charge in [0.15, 0.2) is 11.6 Å². The van der Waals surface area contributed by atoms with Crippen molar-refractivity contribution in [3.63, 3.8) is 0 Å². The number of ether oxygens (including phenoxy) is 1. The van der Waals surface area contributed by atoms with Gasteiger partial charge in [-0.05, 0) is 96.8 Å². The summed E-state index contributed by atoms with van der Waals surface area (Å²) in [6.07, 6.45) is 10.4. The first-order valence-corrected chi connectivity index (χ1v) is 10.5. The zero-order valence-corrected chi connectivity index (χ0v) is 18.0. The highest BCUT2D eigenvalue weighted by atomic mass is 19.2. The molecule has 4 heteroatoms. The van der Waals surface area contributed by atoms with Gasteiger partial charge in [0.05, 0.1) is 18.3 Å². The standard InChI is InChI=1S/C29H21F3O/c1-3-5-6-7-8-9-10-22-13-18-26(29(32)28(22)31)25-17-14-23(20-27(25)30)21-11-15-24(16-12-21)33-19-4-2/h1,4,13-14,17-18,20-21,24H,2,11-12,15-16,19H2. The first-order valence-electron chi connectivity index (χ1n) is 10.5. The SMILES string of the molecule is C#CC#CC#CC#Cc1ccc(-c2ccc(C3CCC(OCC=C)CC3)cc2F)c(F)c1F. The Balaban J connectivity index is 1.77. The maximum Gasteiger partial charge on any atom is 0.175 e. The number of terminal acetylenes is 1. The van der Waals surface area contributed by atoms with Gasteiger partial charge in [-0.3, -0.25) is 0 Å². The molecule has 0 N–H and O–H groups in total. The van der Waals surface area contributed by atoms with E-state index in [-0.39, 0.29) is 28.7 Å². The third kappa shape index (κ3) is 6.11. The molecule has 2 aromatic rings. The van der Waals surface area contributed by atoms with Gasteiger partial charge in [-0.25, -0.2) is 13.2 Å². The van der Waals surface area contributed by atoms with Crippen LogP contribution in [0.2, 0.25) is 0 Å². The molecule has 0 atom stereocenters. The summed E-state index contributed by atoms with van der Waals surface area (Å²) in [6, 6.07) is 7.32. The highest BCUT2D eigenvalue weighted by molar-refractivity contribution is 5.67. The second kappa shape index (κ2) is 11.7. The van der Waals surface area contributed by atoms with Crippen LogP contribution in [0.4, 0.5) is 13.2 Å². The molecule has 0 radical (unpaired) electrons. The second-order valence-electron chi connectivity index (χ2n) is 7.52. The Kier molecular flexibility index (Phi) is 8.44. The van der Waals surface area contributed by atoms with E-state index in [2.05, 4.69) is 48.0 Å². The van der Waals surface area contributed by atoms with E-state index >= 15 is 0 Å². The van der Waals surface area contributed by atoms with Gasteiger partial charge in [-0.1, -0.05) is 18.2 Å². The Labute approximate surface area is 193 Å². The number of rotatable bonds is 5. The van der Waals surface area contributed by atoms with Crippen LogP contribution in [-0.4, -0.2) is 12.7 Å². The maximum atomic E-state index is 14.9. The lowest BCUT2D eigenvalue weighted by Gasteiger charge is -2.28. The van der Waals surface area contributed by atoms with Crippen molar-refractivity contribution in [2.45, 2.75) is 37.7 Å². The normalized spacial score (nSPS) is 16.7. The lowest BCUT2D eigenvalue weighted by atomic mass is 9.82. The molecular weight excluding hydrogens is 421 g/mol. The van der Waals surface area contributed by atoms with E-state index in [9.17, 15) is 13.2 Å². The van der Waals surface area contributed by atoms with Crippen molar-refractivity contribution in [2.75, 3.05) is 6.61 Å². The molecule has 2 aromatic carbocycles. The van der Waals surface area contributed by atoms with Gasteiger partial charge in [0.1, 0.15) is 5.82 Å². The van der Waals surface area contributed by atoms with Crippen molar-refractivity contribution in [1.29, 1.82) is 0 Å². The number of halogens is 3. The van der Waals surface area contributed by atoms with Crippen LogP contribution in [0.5, 0.6) is 0 Å². The van der Waals surface area contributed by atoms with Gasteiger partial charge in [-0.15, -0.1) is 13.0 Å². The lowest BCUT2D eigenvalue weighted by Crippen LogP contribution is -2.21. The minimum atomic E-state index is -1.16. The van der Waals surface area contributed by atoms with Crippen LogP contribution in [0.3, 0.4) is 0 Å². The van der Waals surface area contributed by atoms with Crippen molar-refractivity contribution in [2.24, 2.45) is 0 Å². The van der Waals surface area contributed by atoms with Crippen molar-refractivity contribution < 1.29 is 17.9 Å². The largest absolute Gasteiger partial charge is 0.374 e. The topological polar surface area (TPSA) is 9.23 Å². The van der Waals surface area contributed by atoms with Gasteiger partial charge in [0, 0.05) is 11.1 Å². The fourth-order valence-corrected chi connectivity index (χ4v) is 3.85. The van der Waals surface area contributed by atoms with Crippen molar-refractivity contribution >= 4 is 0 Å². The van der Waals surface area contributed by atoms with E-state index in [1.54, 1.807) is 12.1 Å². The van der Waals surface area contributed by atoms with Gasteiger partial charge in [0.2, 0.25) is 0 Å². The molecule has 1 saturated carbocycles. The van der Waals surface area contributed by atoms with Crippen LogP contribution >= 0.6 is 0 Å².